The van der Waals surface area contributed by atoms with Crippen LogP contribution in [-0.4, -0.2) is 44.3 Å². The Morgan fingerprint density at radius 1 is 0.906 bits per heavy atom. The molecule has 3 heterocycles. The topological polar surface area (TPSA) is 69.5 Å². The minimum atomic E-state index is -5.57. The second kappa shape index (κ2) is 7.82. The molecule has 4 rings (SSSR count). The summed E-state index contributed by atoms with van der Waals surface area (Å²) in [5.74, 6) is -4.40. The number of hydrogen-bond acceptors (Lipinski definition) is 5. The molecular formula is C21H19F6N3O2. The van der Waals surface area contributed by atoms with Gasteiger partial charge in [0.05, 0.1) is 16.6 Å². The van der Waals surface area contributed by atoms with Crippen LogP contribution in [-0.2, 0) is 18.5 Å². The number of alkyl halides is 6. The summed E-state index contributed by atoms with van der Waals surface area (Å²) in [4.78, 5) is 9.73. The molecule has 5 nitrogen and oxygen atoms in total. The van der Waals surface area contributed by atoms with Gasteiger partial charge in [0, 0.05) is 35.3 Å². The van der Waals surface area contributed by atoms with Crippen LogP contribution in [0.5, 0.6) is 0 Å². The summed E-state index contributed by atoms with van der Waals surface area (Å²) in [7, 11) is 0. The minimum absolute atomic E-state index is 0.0686. The molecule has 1 aliphatic heterocycles. The molecule has 0 atom stereocenters. The molecule has 172 valence electrons. The lowest BCUT2D eigenvalue weighted by Crippen LogP contribution is -2.42. The van der Waals surface area contributed by atoms with Crippen LogP contribution in [0.1, 0.15) is 36.0 Å². The van der Waals surface area contributed by atoms with E-state index in [2.05, 4.69) is 9.97 Å². The van der Waals surface area contributed by atoms with E-state index in [9.17, 15) is 36.6 Å². The van der Waals surface area contributed by atoms with Gasteiger partial charge in [-0.3, -0.25) is 14.9 Å². The Labute approximate surface area is 178 Å². The molecule has 1 aliphatic rings. The van der Waals surface area contributed by atoms with Gasteiger partial charge in [0.25, 0.3) is 5.79 Å². The van der Waals surface area contributed by atoms with Gasteiger partial charge in [-0.15, -0.1) is 0 Å². The van der Waals surface area contributed by atoms with E-state index in [1.165, 1.54) is 12.1 Å². The summed E-state index contributed by atoms with van der Waals surface area (Å²) in [5, 5.41) is 19.0. The number of benzene rings is 1. The number of pyridine rings is 2. The van der Waals surface area contributed by atoms with E-state index < -0.39 is 40.2 Å². The van der Waals surface area contributed by atoms with E-state index in [0.717, 1.165) is 31.7 Å². The van der Waals surface area contributed by atoms with Crippen LogP contribution in [0.15, 0.2) is 30.6 Å². The highest BCUT2D eigenvalue weighted by Crippen LogP contribution is 2.44. The van der Waals surface area contributed by atoms with Crippen molar-refractivity contribution in [2.45, 2.75) is 43.9 Å². The molecule has 3 aromatic rings. The first kappa shape index (κ1) is 22.7. The number of rotatable bonds is 3. The largest absolute Gasteiger partial charge is 0.447 e. The Hall–Kier alpha value is -2.50. The second-order valence-corrected chi connectivity index (χ2v) is 7.88. The SMILES string of the molecule is OC(O)(c1cc2c(C(F)(F)F)c(CN3CCCCC3)cnc2c2cccnc12)C(F)(F)F. The molecule has 1 fully saturated rings. The third-order valence-corrected chi connectivity index (χ3v) is 5.70. The Kier molecular flexibility index (Phi) is 5.54. The number of halogens is 6. The smallest absolute Gasteiger partial charge is 0.355 e. The van der Waals surface area contributed by atoms with Gasteiger partial charge in [-0.25, -0.2) is 0 Å². The van der Waals surface area contributed by atoms with Crippen molar-refractivity contribution in [1.29, 1.82) is 0 Å². The summed E-state index contributed by atoms with van der Waals surface area (Å²) < 4.78 is 82.7. The van der Waals surface area contributed by atoms with Gasteiger partial charge >= 0.3 is 12.4 Å². The quantitative estimate of drug-likeness (QED) is 0.343. The third kappa shape index (κ3) is 3.89. The van der Waals surface area contributed by atoms with E-state index in [1.807, 2.05) is 4.90 Å². The average molecular weight is 459 g/mol. The van der Waals surface area contributed by atoms with Crippen molar-refractivity contribution in [3.8, 4) is 0 Å². The fourth-order valence-corrected chi connectivity index (χ4v) is 4.18. The van der Waals surface area contributed by atoms with Gasteiger partial charge in [0.15, 0.2) is 0 Å². The molecule has 0 saturated carbocycles. The minimum Gasteiger partial charge on any atom is -0.355 e. The third-order valence-electron chi connectivity index (χ3n) is 5.70. The Morgan fingerprint density at radius 3 is 2.22 bits per heavy atom. The number of piperidine rings is 1. The normalized spacial score (nSPS) is 16.8. The van der Waals surface area contributed by atoms with Crippen LogP contribution >= 0.6 is 0 Å². The summed E-state index contributed by atoms with van der Waals surface area (Å²) in [6.45, 7) is 1.14. The van der Waals surface area contributed by atoms with E-state index in [1.54, 1.807) is 0 Å². The zero-order valence-corrected chi connectivity index (χ0v) is 16.6. The maximum absolute atomic E-state index is 14.2. The number of nitrogens with zero attached hydrogens (tertiary/aromatic N) is 3. The van der Waals surface area contributed by atoms with Gasteiger partial charge < -0.3 is 10.2 Å². The van der Waals surface area contributed by atoms with Gasteiger partial charge in [0.2, 0.25) is 0 Å². The highest BCUT2D eigenvalue weighted by molar-refractivity contribution is 6.07. The number of aromatic nitrogens is 2. The lowest BCUT2D eigenvalue weighted by Gasteiger charge is -2.29. The number of fused-ring (bicyclic) bond motifs is 3. The molecule has 0 bridgehead atoms. The van der Waals surface area contributed by atoms with Crippen molar-refractivity contribution in [3.05, 3.63) is 47.3 Å². The van der Waals surface area contributed by atoms with Crippen LogP contribution < -0.4 is 0 Å². The van der Waals surface area contributed by atoms with Crippen LogP contribution in [0.2, 0.25) is 0 Å². The Balaban J connectivity index is 2.04. The number of aliphatic hydroxyl groups is 2. The van der Waals surface area contributed by atoms with Crippen molar-refractivity contribution in [1.82, 2.24) is 14.9 Å². The van der Waals surface area contributed by atoms with Gasteiger partial charge in [-0.1, -0.05) is 6.42 Å². The van der Waals surface area contributed by atoms with E-state index in [0.29, 0.717) is 19.2 Å². The highest BCUT2D eigenvalue weighted by atomic mass is 19.4. The van der Waals surface area contributed by atoms with Crippen molar-refractivity contribution in [2.24, 2.45) is 0 Å². The zero-order valence-electron chi connectivity index (χ0n) is 16.6. The van der Waals surface area contributed by atoms with Gasteiger partial charge in [-0.2, -0.15) is 26.3 Å². The zero-order chi connectivity index (χ0) is 23.3. The molecule has 2 aromatic heterocycles. The number of hydrogen-bond donors (Lipinski definition) is 2. The summed E-state index contributed by atoms with van der Waals surface area (Å²) in [6.07, 6.45) is -5.63. The predicted octanol–water partition coefficient (Wildman–Crippen LogP) is 4.49. The van der Waals surface area contributed by atoms with E-state index >= 15 is 0 Å². The van der Waals surface area contributed by atoms with Crippen LogP contribution in [0.25, 0.3) is 21.8 Å². The average Bonchev–Trinajstić information content (AvgIpc) is 2.71. The predicted molar refractivity (Wildman–Crippen MR) is 103 cm³/mol. The van der Waals surface area contributed by atoms with Crippen molar-refractivity contribution >= 4 is 21.8 Å². The molecule has 1 saturated heterocycles. The molecule has 1 aromatic carbocycles. The Morgan fingerprint density at radius 2 is 1.59 bits per heavy atom. The molecule has 11 heteroatoms. The lowest BCUT2D eigenvalue weighted by molar-refractivity contribution is -0.357. The molecule has 0 unspecified atom stereocenters. The van der Waals surface area contributed by atoms with Gasteiger partial charge in [0.1, 0.15) is 0 Å². The molecule has 2 N–H and O–H groups in total. The second-order valence-electron chi connectivity index (χ2n) is 7.88. The Bertz CT molecular complexity index is 1150. The molecule has 0 aliphatic carbocycles. The van der Waals surface area contributed by atoms with Crippen molar-refractivity contribution < 1.29 is 36.6 Å². The highest BCUT2D eigenvalue weighted by Gasteiger charge is 2.55. The maximum Gasteiger partial charge on any atom is 0.447 e. The first-order chi connectivity index (χ1) is 14.9. The van der Waals surface area contributed by atoms with Crippen LogP contribution in [0.3, 0.4) is 0 Å². The fraction of sp³-hybridized carbons (Fsp3) is 0.429. The molecule has 0 radical (unpaired) electrons. The molecule has 0 amide bonds. The van der Waals surface area contributed by atoms with E-state index in [-0.39, 0.29) is 23.0 Å². The maximum atomic E-state index is 14.2. The monoisotopic (exact) mass is 459 g/mol. The molecule has 32 heavy (non-hydrogen) atoms. The fourth-order valence-electron chi connectivity index (χ4n) is 4.18. The van der Waals surface area contributed by atoms with Gasteiger partial charge in [-0.05, 0) is 49.7 Å². The van der Waals surface area contributed by atoms with E-state index in [4.69, 9.17) is 0 Å². The molecular weight excluding hydrogens is 440 g/mol. The first-order valence-corrected chi connectivity index (χ1v) is 9.92. The van der Waals surface area contributed by atoms with Crippen LogP contribution in [0.4, 0.5) is 26.3 Å². The van der Waals surface area contributed by atoms with Crippen molar-refractivity contribution in [3.63, 3.8) is 0 Å². The van der Waals surface area contributed by atoms with Crippen LogP contribution in [0, 0.1) is 0 Å². The standard InChI is InChI=1S/C21H19F6N3O2/c22-20(23,24)16-12(11-30-7-2-1-3-8-30)10-29-17-13-5-4-6-28-18(13)15(9-14(16)17)19(31,32)21(25,26)27/h4-6,9-10,31-32H,1-3,7-8,11H2. The lowest BCUT2D eigenvalue weighted by atomic mass is 9.93. The summed E-state index contributed by atoms with van der Waals surface area (Å²) >= 11 is 0. The summed E-state index contributed by atoms with van der Waals surface area (Å²) in [6, 6.07) is 3.07. The molecule has 0 spiro atoms. The van der Waals surface area contributed by atoms with Crippen molar-refractivity contribution in [2.75, 3.05) is 13.1 Å². The number of likely N-dealkylation sites (tertiary alicyclic amines) is 1. The first-order valence-electron chi connectivity index (χ1n) is 9.92. The summed E-state index contributed by atoms with van der Waals surface area (Å²) in [5.41, 5.74) is -3.22.